The zero-order valence-corrected chi connectivity index (χ0v) is 16.4. The summed E-state index contributed by atoms with van der Waals surface area (Å²) in [5.74, 6) is 1.54. The predicted octanol–water partition coefficient (Wildman–Crippen LogP) is 6.48. The Kier molecular flexibility index (Phi) is 5.62. The van der Waals surface area contributed by atoms with Crippen LogP contribution in [0.25, 0.3) is 0 Å². The van der Waals surface area contributed by atoms with Gasteiger partial charge in [-0.25, -0.2) is 0 Å². The Labute approximate surface area is 172 Å². The second-order valence-corrected chi connectivity index (χ2v) is 7.13. The number of hydrogen-bond acceptors (Lipinski definition) is 2. The van der Waals surface area contributed by atoms with E-state index in [0.29, 0.717) is 0 Å². The Bertz CT molecular complexity index is 918. The van der Waals surface area contributed by atoms with Crippen LogP contribution in [0.15, 0.2) is 121 Å². The van der Waals surface area contributed by atoms with Crippen molar-refractivity contribution >= 4 is 0 Å². The molecule has 2 heteroatoms. The van der Waals surface area contributed by atoms with Crippen molar-refractivity contribution in [1.82, 2.24) is 0 Å². The molecule has 0 saturated heterocycles. The molecule has 0 atom stereocenters. The molecule has 0 aliphatic carbocycles. The Morgan fingerprint density at radius 3 is 1.14 bits per heavy atom. The lowest BCUT2D eigenvalue weighted by Gasteiger charge is -2.38. The third-order valence-corrected chi connectivity index (χ3v) is 5.19. The van der Waals surface area contributed by atoms with Crippen molar-refractivity contribution in [2.45, 2.75) is 18.6 Å². The molecule has 4 rings (SSSR count). The van der Waals surface area contributed by atoms with E-state index in [9.17, 15) is 0 Å². The number of ether oxygens (including phenoxy) is 2. The molecule has 29 heavy (non-hydrogen) atoms. The average molecular weight is 380 g/mol. The highest BCUT2D eigenvalue weighted by molar-refractivity contribution is 5.40. The van der Waals surface area contributed by atoms with Crippen LogP contribution in [0, 0.1) is 0 Å². The van der Waals surface area contributed by atoms with Crippen LogP contribution in [-0.4, -0.2) is 6.29 Å². The van der Waals surface area contributed by atoms with Gasteiger partial charge in [0.05, 0.1) is 5.41 Å². The van der Waals surface area contributed by atoms with Crippen molar-refractivity contribution in [2.75, 3.05) is 0 Å². The van der Waals surface area contributed by atoms with E-state index < -0.39 is 11.7 Å². The van der Waals surface area contributed by atoms with Crippen molar-refractivity contribution < 1.29 is 9.47 Å². The first-order chi connectivity index (χ1) is 14.3. The molecule has 0 fully saturated rings. The maximum Gasteiger partial charge on any atom is 0.254 e. The standard InChI is InChI=1S/C27H24O2/c1-27(22-14-6-2-7-15-22,23-16-8-3-9-17-23)26(28-24-18-10-4-11-19-24)29-25-20-12-5-13-21-25/h2-21,26H,1H3. The molecular weight excluding hydrogens is 356 g/mol. The second-order valence-electron chi connectivity index (χ2n) is 7.13. The van der Waals surface area contributed by atoms with Gasteiger partial charge in [0.15, 0.2) is 0 Å². The van der Waals surface area contributed by atoms with Crippen molar-refractivity contribution in [3.8, 4) is 11.5 Å². The van der Waals surface area contributed by atoms with E-state index in [1.54, 1.807) is 0 Å². The van der Waals surface area contributed by atoms with Crippen LogP contribution in [0.1, 0.15) is 18.1 Å². The summed E-state index contributed by atoms with van der Waals surface area (Å²) in [6, 6.07) is 40.4. The predicted molar refractivity (Wildman–Crippen MR) is 117 cm³/mol. The molecule has 4 aromatic carbocycles. The summed E-state index contributed by atoms with van der Waals surface area (Å²) in [6.07, 6.45) is -0.572. The van der Waals surface area contributed by atoms with Gasteiger partial charge >= 0.3 is 0 Å². The molecule has 0 aliphatic rings. The van der Waals surface area contributed by atoms with E-state index in [1.165, 1.54) is 0 Å². The second kappa shape index (κ2) is 8.66. The lowest BCUT2D eigenvalue weighted by Crippen LogP contribution is -2.45. The molecule has 0 saturated carbocycles. The highest BCUT2D eigenvalue weighted by Crippen LogP contribution is 2.38. The Morgan fingerprint density at radius 1 is 0.483 bits per heavy atom. The minimum Gasteiger partial charge on any atom is -0.454 e. The van der Waals surface area contributed by atoms with Crippen LogP contribution < -0.4 is 9.47 Å². The van der Waals surface area contributed by atoms with Gasteiger partial charge in [-0.05, 0) is 42.3 Å². The lowest BCUT2D eigenvalue weighted by molar-refractivity contribution is -0.0393. The molecule has 0 heterocycles. The normalized spacial score (nSPS) is 11.2. The maximum atomic E-state index is 6.47. The van der Waals surface area contributed by atoms with Gasteiger partial charge in [0.25, 0.3) is 6.29 Å². The summed E-state index contributed by atoms with van der Waals surface area (Å²) in [4.78, 5) is 0. The number of para-hydroxylation sites is 2. The molecule has 4 aromatic rings. The third-order valence-electron chi connectivity index (χ3n) is 5.19. The molecule has 0 bridgehead atoms. The fraction of sp³-hybridized carbons (Fsp3) is 0.111. The van der Waals surface area contributed by atoms with E-state index in [0.717, 1.165) is 22.6 Å². The molecule has 0 N–H and O–H groups in total. The quantitative estimate of drug-likeness (QED) is 0.342. The molecule has 0 aliphatic heterocycles. The first-order valence-electron chi connectivity index (χ1n) is 9.81. The third kappa shape index (κ3) is 4.17. The minimum absolute atomic E-state index is 0.534. The molecule has 0 amide bonds. The van der Waals surface area contributed by atoms with Gasteiger partial charge < -0.3 is 9.47 Å². The van der Waals surface area contributed by atoms with Crippen LogP contribution in [0.4, 0.5) is 0 Å². The van der Waals surface area contributed by atoms with Crippen molar-refractivity contribution in [1.29, 1.82) is 0 Å². The molecule has 0 radical (unpaired) electrons. The monoisotopic (exact) mass is 380 g/mol. The summed E-state index contributed by atoms with van der Waals surface area (Å²) in [5, 5.41) is 0. The van der Waals surface area contributed by atoms with Crippen LogP contribution >= 0.6 is 0 Å². The summed E-state index contributed by atoms with van der Waals surface area (Å²) in [5.41, 5.74) is 1.72. The summed E-state index contributed by atoms with van der Waals surface area (Å²) < 4.78 is 12.9. The van der Waals surface area contributed by atoms with Crippen molar-refractivity contribution in [2.24, 2.45) is 0 Å². The van der Waals surface area contributed by atoms with Crippen LogP contribution in [0.3, 0.4) is 0 Å². The van der Waals surface area contributed by atoms with Crippen LogP contribution in [0.2, 0.25) is 0 Å². The molecule has 0 unspecified atom stereocenters. The number of rotatable bonds is 7. The summed E-state index contributed by atoms with van der Waals surface area (Å²) >= 11 is 0. The molecule has 144 valence electrons. The van der Waals surface area contributed by atoms with E-state index in [4.69, 9.17) is 9.47 Å². The SMILES string of the molecule is CC(c1ccccc1)(c1ccccc1)C(Oc1ccccc1)Oc1ccccc1. The lowest BCUT2D eigenvalue weighted by atomic mass is 9.75. The van der Waals surface area contributed by atoms with E-state index in [2.05, 4.69) is 55.5 Å². The summed E-state index contributed by atoms with van der Waals surface area (Å²) in [6.45, 7) is 2.17. The first-order valence-corrected chi connectivity index (χ1v) is 9.81. The van der Waals surface area contributed by atoms with Gasteiger partial charge in [0.1, 0.15) is 11.5 Å². The maximum absolute atomic E-state index is 6.47. The van der Waals surface area contributed by atoms with Gasteiger partial charge in [-0.15, -0.1) is 0 Å². The zero-order valence-electron chi connectivity index (χ0n) is 16.4. The van der Waals surface area contributed by atoms with Gasteiger partial charge in [-0.2, -0.15) is 0 Å². The minimum atomic E-state index is -0.572. The smallest absolute Gasteiger partial charge is 0.254 e. The topological polar surface area (TPSA) is 18.5 Å². The van der Waals surface area contributed by atoms with Gasteiger partial charge in [-0.1, -0.05) is 97.1 Å². The Hall–Kier alpha value is -3.52. The Balaban J connectivity index is 1.83. The fourth-order valence-corrected chi connectivity index (χ4v) is 3.51. The first kappa shape index (κ1) is 18.8. The van der Waals surface area contributed by atoms with E-state index in [-0.39, 0.29) is 0 Å². The van der Waals surface area contributed by atoms with Crippen molar-refractivity contribution in [3.63, 3.8) is 0 Å². The van der Waals surface area contributed by atoms with Gasteiger partial charge in [-0.3, -0.25) is 0 Å². The largest absolute Gasteiger partial charge is 0.454 e. The van der Waals surface area contributed by atoms with E-state index >= 15 is 0 Å². The Morgan fingerprint density at radius 2 is 0.793 bits per heavy atom. The zero-order chi connectivity index (χ0) is 19.9. The molecular formula is C27H24O2. The molecule has 0 spiro atoms. The van der Waals surface area contributed by atoms with Crippen molar-refractivity contribution in [3.05, 3.63) is 132 Å². The van der Waals surface area contributed by atoms with Gasteiger partial charge in [0, 0.05) is 0 Å². The highest BCUT2D eigenvalue weighted by atomic mass is 16.7. The average Bonchev–Trinajstić information content (AvgIpc) is 2.81. The fourth-order valence-electron chi connectivity index (χ4n) is 3.51. The van der Waals surface area contributed by atoms with E-state index in [1.807, 2.05) is 72.8 Å². The number of benzene rings is 4. The molecule has 2 nitrogen and oxygen atoms in total. The van der Waals surface area contributed by atoms with Crippen LogP contribution in [0.5, 0.6) is 11.5 Å². The number of hydrogen-bond donors (Lipinski definition) is 0. The highest BCUT2D eigenvalue weighted by Gasteiger charge is 2.41. The van der Waals surface area contributed by atoms with Crippen LogP contribution in [-0.2, 0) is 5.41 Å². The molecule has 0 aromatic heterocycles. The summed E-state index contributed by atoms with van der Waals surface area (Å²) in [7, 11) is 0. The van der Waals surface area contributed by atoms with Gasteiger partial charge in [0.2, 0.25) is 0 Å².